The van der Waals surface area contributed by atoms with Crippen molar-refractivity contribution in [2.45, 2.75) is 66.2 Å². The number of hydrogen-bond donors (Lipinski definition) is 0. The average Bonchev–Trinajstić information content (AvgIpc) is 3.65. The predicted molar refractivity (Wildman–Crippen MR) is 167 cm³/mol. The van der Waals surface area contributed by atoms with Gasteiger partial charge in [0.25, 0.3) is 0 Å². The second-order valence-electron chi connectivity index (χ2n) is 11.9. The van der Waals surface area contributed by atoms with Crippen LogP contribution in [0.4, 0.5) is 0 Å². The van der Waals surface area contributed by atoms with E-state index in [1.807, 2.05) is 0 Å². The fourth-order valence-corrected chi connectivity index (χ4v) is 7.37. The van der Waals surface area contributed by atoms with Gasteiger partial charge in [0.05, 0.1) is 0 Å². The van der Waals surface area contributed by atoms with Gasteiger partial charge in [-0.25, -0.2) is 0 Å². The Morgan fingerprint density at radius 3 is 2.55 bits per heavy atom. The third-order valence-electron chi connectivity index (χ3n) is 9.22. The van der Waals surface area contributed by atoms with Crippen molar-refractivity contribution >= 4 is 11.1 Å². The quantitative estimate of drug-likeness (QED) is 0.311. The van der Waals surface area contributed by atoms with Crippen molar-refractivity contribution in [3.05, 3.63) is 131 Å². The number of hydrogen-bond acceptors (Lipinski definition) is 0. The van der Waals surface area contributed by atoms with Crippen LogP contribution < -0.4 is 0 Å². The number of aryl methyl sites for hydroxylation is 1. The zero-order valence-electron chi connectivity index (χ0n) is 23.9. The van der Waals surface area contributed by atoms with Gasteiger partial charge in [-0.2, -0.15) is 0 Å². The van der Waals surface area contributed by atoms with Crippen LogP contribution in [0.3, 0.4) is 0 Å². The maximum atomic E-state index is 4.74. The first-order valence-corrected chi connectivity index (χ1v) is 14.6. The summed E-state index contributed by atoms with van der Waals surface area (Å²) in [5.74, 6) is 1.92. The largest absolute Gasteiger partial charge is 0.0995 e. The fraction of sp³-hybridized carbons (Fsp3) is 0.368. The Hall–Kier alpha value is -3.12. The molecule has 0 bridgehead atoms. The molecule has 0 N–H and O–H groups in total. The van der Waals surface area contributed by atoms with Gasteiger partial charge in [-0.3, -0.25) is 0 Å². The van der Waals surface area contributed by atoms with Crippen LogP contribution >= 0.6 is 0 Å². The van der Waals surface area contributed by atoms with E-state index >= 15 is 0 Å². The molecule has 5 rings (SSSR count). The first-order chi connectivity index (χ1) is 18.3. The van der Waals surface area contributed by atoms with Gasteiger partial charge < -0.3 is 0 Å². The van der Waals surface area contributed by atoms with Crippen molar-refractivity contribution in [3.8, 4) is 0 Å². The molecule has 1 fully saturated rings. The van der Waals surface area contributed by atoms with Crippen molar-refractivity contribution in [3.63, 3.8) is 0 Å². The first-order valence-electron chi connectivity index (χ1n) is 14.6. The minimum absolute atomic E-state index is 0.413. The molecular weight excluding hydrogens is 456 g/mol. The molecule has 0 saturated heterocycles. The average molecular weight is 501 g/mol. The van der Waals surface area contributed by atoms with E-state index in [4.69, 9.17) is 6.58 Å². The number of allylic oxidation sites excluding steroid dienone is 15. The SMILES string of the molecule is C=C(C)c1ccc(CC)c(C2=CC=C(/C=C3/CC4=CC(C)C(C(=C)CCC)C(C5=CC=CC5)C4C3=C)C2)c1. The van der Waals surface area contributed by atoms with Crippen molar-refractivity contribution in [1.29, 1.82) is 0 Å². The maximum absolute atomic E-state index is 4.74. The molecule has 4 aliphatic carbocycles. The van der Waals surface area contributed by atoms with E-state index in [0.29, 0.717) is 23.7 Å². The summed E-state index contributed by atoms with van der Waals surface area (Å²) >= 11 is 0. The summed E-state index contributed by atoms with van der Waals surface area (Å²) in [7, 11) is 0. The molecule has 4 aliphatic rings. The van der Waals surface area contributed by atoms with Crippen molar-refractivity contribution < 1.29 is 0 Å². The van der Waals surface area contributed by atoms with Gasteiger partial charge in [-0.15, -0.1) is 0 Å². The Bertz CT molecular complexity index is 1360. The van der Waals surface area contributed by atoms with E-state index in [0.717, 1.165) is 44.1 Å². The molecular formula is C38H44. The smallest absolute Gasteiger partial charge is 0.0120 e. The zero-order valence-corrected chi connectivity index (χ0v) is 23.9. The normalized spacial score (nSPS) is 27.3. The van der Waals surface area contributed by atoms with Crippen LogP contribution in [-0.4, -0.2) is 0 Å². The Morgan fingerprint density at radius 1 is 1.05 bits per heavy atom. The molecule has 1 aromatic rings. The van der Waals surface area contributed by atoms with Gasteiger partial charge in [0.2, 0.25) is 0 Å². The predicted octanol–water partition coefficient (Wildman–Crippen LogP) is 10.5. The van der Waals surface area contributed by atoms with E-state index in [1.54, 1.807) is 11.1 Å². The van der Waals surface area contributed by atoms with Crippen LogP contribution in [0.5, 0.6) is 0 Å². The van der Waals surface area contributed by atoms with Crippen LogP contribution in [0.2, 0.25) is 0 Å². The third-order valence-corrected chi connectivity index (χ3v) is 9.22. The molecule has 0 heterocycles. The highest BCUT2D eigenvalue weighted by Gasteiger charge is 2.45. The summed E-state index contributed by atoms with van der Waals surface area (Å²) in [4.78, 5) is 0. The second-order valence-corrected chi connectivity index (χ2v) is 11.9. The summed E-state index contributed by atoms with van der Waals surface area (Å²) in [6, 6.07) is 6.83. The molecule has 0 heteroatoms. The standard InChI is InChI=1S/C38H44/c1-8-12-25(5)36-26(6)19-34-22-33(27(7)37(34)38(36)30-13-10-11-14-30)21-28-15-16-32(20-28)35-23-31(24(3)4)18-17-29(35)9-2/h10-11,13,15-19,21,23,26,36-38H,3,5,7-9,12,14,20,22H2,1-2,4,6H3/b33-21-. The lowest BCUT2D eigenvalue weighted by molar-refractivity contribution is 0.281. The Labute approximate surface area is 231 Å². The summed E-state index contributed by atoms with van der Waals surface area (Å²) < 4.78 is 0. The molecule has 0 nitrogen and oxygen atoms in total. The summed E-state index contributed by atoms with van der Waals surface area (Å²) in [5, 5.41) is 0. The first kappa shape index (κ1) is 26.5. The Balaban J connectivity index is 1.41. The summed E-state index contributed by atoms with van der Waals surface area (Å²) in [6.07, 6.45) is 23.0. The number of fused-ring (bicyclic) bond motifs is 1. The minimum atomic E-state index is 0.413. The minimum Gasteiger partial charge on any atom is -0.0995 e. The van der Waals surface area contributed by atoms with Gasteiger partial charge in [0, 0.05) is 5.92 Å². The molecule has 4 unspecified atom stereocenters. The monoisotopic (exact) mass is 500 g/mol. The van der Waals surface area contributed by atoms with Crippen LogP contribution in [0.1, 0.15) is 76.5 Å². The molecule has 0 aliphatic heterocycles. The highest BCUT2D eigenvalue weighted by Crippen LogP contribution is 2.56. The molecule has 0 spiro atoms. The fourth-order valence-electron chi connectivity index (χ4n) is 7.37. The van der Waals surface area contributed by atoms with E-state index in [-0.39, 0.29) is 0 Å². The molecule has 0 amide bonds. The van der Waals surface area contributed by atoms with Gasteiger partial charge in [-0.05, 0) is 102 Å². The second kappa shape index (κ2) is 10.9. The van der Waals surface area contributed by atoms with Gasteiger partial charge >= 0.3 is 0 Å². The van der Waals surface area contributed by atoms with Crippen molar-refractivity contribution in [1.82, 2.24) is 0 Å². The van der Waals surface area contributed by atoms with Crippen LogP contribution in [0.25, 0.3) is 11.1 Å². The van der Waals surface area contributed by atoms with Crippen LogP contribution in [0, 0.1) is 23.7 Å². The highest BCUT2D eigenvalue weighted by molar-refractivity contribution is 5.78. The molecule has 1 saturated carbocycles. The van der Waals surface area contributed by atoms with Gasteiger partial charge in [0.1, 0.15) is 0 Å². The topological polar surface area (TPSA) is 0 Å². The number of benzene rings is 1. The summed E-state index contributed by atoms with van der Waals surface area (Å²) in [5.41, 5.74) is 15.3. The van der Waals surface area contributed by atoms with Gasteiger partial charge in [0.15, 0.2) is 0 Å². The van der Waals surface area contributed by atoms with E-state index in [9.17, 15) is 0 Å². The van der Waals surface area contributed by atoms with E-state index < -0.39 is 0 Å². The van der Waals surface area contributed by atoms with Crippen LogP contribution in [-0.2, 0) is 6.42 Å². The molecule has 38 heavy (non-hydrogen) atoms. The molecule has 0 aromatic heterocycles. The molecule has 1 aromatic carbocycles. The highest BCUT2D eigenvalue weighted by atomic mass is 14.5. The van der Waals surface area contributed by atoms with Crippen molar-refractivity contribution in [2.24, 2.45) is 23.7 Å². The third kappa shape index (κ3) is 4.86. The van der Waals surface area contributed by atoms with Gasteiger partial charge in [-0.1, -0.05) is 124 Å². The lowest BCUT2D eigenvalue weighted by atomic mass is 9.62. The zero-order chi connectivity index (χ0) is 27.0. The van der Waals surface area contributed by atoms with E-state index in [2.05, 4.69) is 102 Å². The number of rotatable bonds is 8. The Morgan fingerprint density at radius 2 is 1.87 bits per heavy atom. The Kier molecular flexibility index (Phi) is 7.62. The molecule has 0 radical (unpaired) electrons. The molecule has 4 atom stereocenters. The van der Waals surface area contributed by atoms with Crippen molar-refractivity contribution in [2.75, 3.05) is 0 Å². The molecule has 196 valence electrons. The lowest BCUT2D eigenvalue weighted by Gasteiger charge is -2.42. The lowest BCUT2D eigenvalue weighted by Crippen LogP contribution is -2.34. The maximum Gasteiger partial charge on any atom is 0.0120 e. The summed E-state index contributed by atoms with van der Waals surface area (Å²) in [6.45, 7) is 22.5. The van der Waals surface area contributed by atoms with Crippen LogP contribution in [0.15, 0.2) is 114 Å². The van der Waals surface area contributed by atoms with E-state index in [1.165, 1.54) is 44.6 Å².